The lowest BCUT2D eigenvalue weighted by Crippen LogP contribution is -2.74. The zero-order chi connectivity index (χ0) is 23.7. The Morgan fingerprint density at radius 2 is 2.12 bits per heavy atom. The van der Waals surface area contributed by atoms with Gasteiger partial charge in [0.15, 0.2) is 23.7 Å². The van der Waals surface area contributed by atoms with Crippen LogP contribution in [0.1, 0.15) is 44.2 Å². The molecule has 2 aliphatic heterocycles. The van der Waals surface area contributed by atoms with Crippen molar-refractivity contribution >= 4 is 11.9 Å². The van der Waals surface area contributed by atoms with Crippen molar-refractivity contribution in [1.29, 1.82) is 0 Å². The molecule has 1 saturated heterocycles. The van der Waals surface area contributed by atoms with Crippen molar-refractivity contribution < 1.29 is 34.0 Å². The number of aliphatic hydroxyl groups is 1. The molecule has 9 heteroatoms. The SMILES string of the molecule is C[C@H](OC(=O)C[C@@H](C)N)C(=O)OC1=CC[C@@]2(O)[C@H]3Cc4ccc(O)c5c4C2(CCN3C)C1O5. The number of carbonyl (C=O) groups excluding carboxylic acids is 2. The van der Waals surface area contributed by atoms with Gasteiger partial charge in [0, 0.05) is 24.1 Å². The van der Waals surface area contributed by atoms with E-state index in [4.69, 9.17) is 19.9 Å². The third-order valence-electron chi connectivity index (χ3n) is 7.70. The highest BCUT2D eigenvalue weighted by Crippen LogP contribution is 2.65. The topological polar surface area (TPSA) is 132 Å². The maximum Gasteiger partial charge on any atom is 0.352 e. The van der Waals surface area contributed by atoms with E-state index in [1.54, 1.807) is 19.1 Å². The highest BCUT2D eigenvalue weighted by Gasteiger charge is 2.72. The summed E-state index contributed by atoms with van der Waals surface area (Å²) in [5.41, 5.74) is 5.48. The fourth-order valence-electron chi connectivity index (χ4n) is 6.19. The molecule has 2 bridgehead atoms. The first-order valence-electron chi connectivity index (χ1n) is 11.4. The molecule has 9 nitrogen and oxygen atoms in total. The first-order chi connectivity index (χ1) is 15.6. The van der Waals surface area contributed by atoms with Gasteiger partial charge in [-0.25, -0.2) is 4.79 Å². The largest absolute Gasteiger partial charge is 0.504 e. The second-order valence-electron chi connectivity index (χ2n) is 9.84. The van der Waals surface area contributed by atoms with Crippen molar-refractivity contribution in [2.24, 2.45) is 5.73 Å². The number of hydrogen-bond donors (Lipinski definition) is 3. The molecular formula is C24H30N2O7. The van der Waals surface area contributed by atoms with E-state index < -0.39 is 35.2 Å². The van der Waals surface area contributed by atoms with Gasteiger partial charge >= 0.3 is 11.9 Å². The number of phenolic OH excluding ortho intramolecular Hbond substituents is 1. The Balaban J connectivity index is 1.48. The quantitative estimate of drug-likeness (QED) is 0.550. The van der Waals surface area contributed by atoms with Crippen LogP contribution in [0.2, 0.25) is 0 Å². The van der Waals surface area contributed by atoms with Crippen molar-refractivity contribution in [3.05, 3.63) is 35.1 Å². The number of hydrogen-bond acceptors (Lipinski definition) is 9. The maximum absolute atomic E-state index is 12.8. The number of rotatable bonds is 5. The summed E-state index contributed by atoms with van der Waals surface area (Å²) in [7, 11) is 2.00. The Bertz CT molecular complexity index is 1050. The van der Waals surface area contributed by atoms with E-state index in [1.165, 1.54) is 6.92 Å². The summed E-state index contributed by atoms with van der Waals surface area (Å²) >= 11 is 0. The van der Waals surface area contributed by atoms with Gasteiger partial charge in [0.25, 0.3) is 0 Å². The Morgan fingerprint density at radius 3 is 2.85 bits per heavy atom. The van der Waals surface area contributed by atoms with Crippen LogP contribution in [0, 0.1) is 0 Å². The van der Waals surface area contributed by atoms with Gasteiger partial charge in [-0.05, 0) is 58.0 Å². The van der Waals surface area contributed by atoms with Gasteiger partial charge in [-0.1, -0.05) is 6.07 Å². The number of aromatic hydroxyl groups is 1. The second kappa shape index (κ2) is 7.44. The number of ether oxygens (including phenoxy) is 3. The molecule has 5 rings (SSSR count). The molecule has 1 aromatic rings. The minimum atomic E-state index is -1.14. The molecule has 0 amide bonds. The summed E-state index contributed by atoms with van der Waals surface area (Å²) in [5.74, 6) is -0.693. The van der Waals surface area contributed by atoms with Crippen LogP contribution in [-0.4, -0.2) is 70.5 Å². The molecule has 2 aliphatic carbocycles. The van der Waals surface area contributed by atoms with E-state index in [1.807, 2.05) is 13.1 Å². The van der Waals surface area contributed by atoms with Gasteiger partial charge in [-0.15, -0.1) is 0 Å². The van der Waals surface area contributed by atoms with Crippen molar-refractivity contribution in [2.45, 2.75) is 74.8 Å². The maximum atomic E-state index is 12.8. The summed E-state index contributed by atoms with van der Waals surface area (Å²) in [5, 5.41) is 22.6. The summed E-state index contributed by atoms with van der Waals surface area (Å²) in [6, 6.07) is 2.98. The van der Waals surface area contributed by atoms with E-state index in [-0.39, 0.29) is 36.4 Å². The van der Waals surface area contributed by atoms with Crippen LogP contribution in [0.4, 0.5) is 0 Å². The van der Waals surface area contributed by atoms with Crippen LogP contribution in [0.15, 0.2) is 24.0 Å². The minimum absolute atomic E-state index is 0.00105. The zero-order valence-corrected chi connectivity index (χ0v) is 19.0. The van der Waals surface area contributed by atoms with Crippen molar-refractivity contribution in [3.8, 4) is 11.5 Å². The van der Waals surface area contributed by atoms with E-state index in [0.717, 1.165) is 17.7 Å². The second-order valence-corrected chi connectivity index (χ2v) is 9.84. The van der Waals surface area contributed by atoms with Crippen LogP contribution in [0.25, 0.3) is 0 Å². The van der Waals surface area contributed by atoms with Crippen LogP contribution in [0.5, 0.6) is 11.5 Å². The molecule has 178 valence electrons. The van der Waals surface area contributed by atoms with E-state index in [2.05, 4.69) is 4.90 Å². The van der Waals surface area contributed by atoms with Crippen LogP contribution >= 0.6 is 0 Å². The molecule has 1 spiro atoms. The standard InChI is InChI=1S/C24H30N2O7/c1-12(25)10-18(28)31-13(2)22(29)32-16-6-7-24(30)17-11-14-4-5-15(27)20-19(14)23(24,21(16)33-20)8-9-26(17)3/h4-6,12-13,17,21,27,30H,7-11,25H2,1-3H3/t12-,13+,17-,21?,23?,24-/m1/s1. The van der Waals surface area contributed by atoms with Crippen LogP contribution < -0.4 is 10.5 Å². The van der Waals surface area contributed by atoms with Crippen LogP contribution in [0.3, 0.4) is 0 Å². The molecule has 6 atom stereocenters. The van der Waals surface area contributed by atoms with E-state index in [0.29, 0.717) is 18.6 Å². The number of carbonyl (C=O) groups is 2. The van der Waals surface area contributed by atoms with Gasteiger partial charge in [0.1, 0.15) is 5.76 Å². The first-order valence-corrected chi connectivity index (χ1v) is 11.4. The Kier molecular flexibility index (Phi) is 5.00. The van der Waals surface area contributed by atoms with Crippen LogP contribution in [-0.2, 0) is 30.9 Å². The van der Waals surface area contributed by atoms with E-state index >= 15 is 0 Å². The molecule has 0 saturated carbocycles. The Hall–Kier alpha value is -2.62. The Labute approximate surface area is 192 Å². The van der Waals surface area contributed by atoms with Crippen molar-refractivity contribution in [1.82, 2.24) is 4.90 Å². The molecule has 1 aromatic carbocycles. The normalized spacial score (nSPS) is 33.3. The fourth-order valence-corrected chi connectivity index (χ4v) is 6.19. The summed E-state index contributed by atoms with van der Waals surface area (Å²) in [6.07, 6.45) is 1.29. The van der Waals surface area contributed by atoms with E-state index in [9.17, 15) is 19.8 Å². The lowest BCUT2D eigenvalue weighted by atomic mass is 9.50. The predicted molar refractivity (Wildman–Crippen MR) is 117 cm³/mol. The van der Waals surface area contributed by atoms with Gasteiger partial charge < -0.3 is 35.1 Å². The number of benzene rings is 1. The molecule has 33 heavy (non-hydrogen) atoms. The fraction of sp³-hybridized carbons (Fsp3) is 0.583. The first kappa shape index (κ1) is 22.2. The number of nitrogens with two attached hydrogens (primary N) is 1. The Morgan fingerprint density at radius 1 is 1.36 bits per heavy atom. The lowest BCUT2D eigenvalue weighted by molar-refractivity contribution is -0.175. The number of piperidine rings is 1. The number of phenols is 1. The number of nitrogens with zero attached hydrogens (tertiary/aromatic N) is 1. The summed E-state index contributed by atoms with van der Waals surface area (Å²) in [4.78, 5) is 26.9. The molecule has 0 aromatic heterocycles. The molecule has 2 heterocycles. The van der Waals surface area contributed by atoms with Crippen molar-refractivity contribution in [3.63, 3.8) is 0 Å². The van der Waals surface area contributed by atoms with Gasteiger partial charge in [0.05, 0.1) is 17.4 Å². The van der Waals surface area contributed by atoms with Gasteiger partial charge in [-0.2, -0.15) is 0 Å². The third-order valence-corrected chi connectivity index (χ3v) is 7.70. The predicted octanol–water partition coefficient (Wildman–Crippen LogP) is 0.882. The minimum Gasteiger partial charge on any atom is -0.504 e. The number of esters is 2. The molecule has 1 fully saturated rings. The highest BCUT2D eigenvalue weighted by molar-refractivity contribution is 5.80. The molecule has 2 unspecified atom stereocenters. The zero-order valence-electron chi connectivity index (χ0n) is 19.0. The van der Waals surface area contributed by atoms with Gasteiger partial charge in [0.2, 0.25) is 0 Å². The monoisotopic (exact) mass is 458 g/mol. The summed E-state index contributed by atoms with van der Waals surface area (Å²) in [6.45, 7) is 3.85. The molecule has 0 radical (unpaired) electrons. The molecular weight excluding hydrogens is 428 g/mol. The van der Waals surface area contributed by atoms with Crippen molar-refractivity contribution in [2.75, 3.05) is 13.6 Å². The lowest BCUT2D eigenvalue weighted by Gasteiger charge is -2.61. The molecule has 4 aliphatic rings. The average molecular weight is 459 g/mol. The number of likely N-dealkylation sites (N-methyl/N-ethyl adjacent to an activating group) is 1. The highest BCUT2D eigenvalue weighted by atomic mass is 16.6. The van der Waals surface area contributed by atoms with Gasteiger partial charge in [-0.3, -0.25) is 4.79 Å². The third kappa shape index (κ3) is 3.02. The summed E-state index contributed by atoms with van der Waals surface area (Å²) < 4.78 is 17.1. The molecule has 4 N–H and O–H groups in total. The number of likely N-dealkylation sites (tertiary alicyclic amines) is 1. The average Bonchev–Trinajstić information content (AvgIpc) is 3.09. The smallest absolute Gasteiger partial charge is 0.352 e.